The molecule has 0 unspecified atom stereocenters. The number of hydrogen-bond donors (Lipinski definition) is 0. The summed E-state index contributed by atoms with van der Waals surface area (Å²) in [5.41, 5.74) is 0.577. The molecule has 1 aromatic carbocycles. The molecular weight excluding hydrogens is 244 g/mol. The number of benzene rings is 1. The first-order valence-corrected chi connectivity index (χ1v) is 6.59. The number of Topliss-reactive ketones (excluding diaryl/α,β-unsaturated/α-hetero) is 1. The molecule has 0 N–H and O–H groups in total. The van der Waals surface area contributed by atoms with Crippen LogP contribution in [0.1, 0.15) is 43.5 Å². The predicted octanol–water partition coefficient (Wildman–Crippen LogP) is 3.00. The van der Waals surface area contributed by atoms with Gasteiger partial charge < -0.3 is 9.47 Å². The molecule has 0 aromatic heterocycles. The van der Waals surface area contributed by atoms with Crippen LogP contribution in [0.5, 0.6) is 5.75 Å². The number of ketones is 1. The quantitative estimate of drug-likeness (QED) is 0.535. The first-order valence-electron chi connectivity index (χ1n) is 6.59. The Bertz CT molecular complexity index is 426. The number of rotatable bonds is 8. The van der Waals surface area contributed by atoms with Gasteiger partial charge in [-0.2, -0.15) is 0 Å². The molecule has 0 saturated heterocycles. The molecule has 0 radical (unpaired) electrons. The maximum absolute atomic E-state index is 12.0. The summed E-state index contributed by atoms with van der Waals surface area (Å²) in [6, 6.07) is 7.17. The molecule has 1 aromatic rings. The van der Waals surface area contributed by atoms with Crippen molar-refractivity contribution in [2.75, 3.05) is 13.2 Å². The lowest BCUT2D eigenvalue weighted by Crippen LogP contribution is -2.07. The summed E-state index contributed by atoms with van der Waals surface area (Å²) in [5.74, 6) is 0.341. The van der Waals surface area contributed by atoms with Gasteiger partial charge >= 0.3 is 5.97 Å². The summed E-state index contributed by atoms with van der Waals surface area (Å²) in [6.45, 7) is 4.54. The van der Waals surface area contributed by atoms with E-state index in [4.69, 9.17) is 9.47 Å². The van der Waals surface area contributed by atoms with Gasteiger partial charge in [0.1, 0.15) is 5.75 Å². The number of hydrogen-bond acceptors (Lipinski definition) is 4. The minimum Gasteiger partial charge on any atom is -0.493 e. The molecule has 0 heterocycles. The van der Waals surface area contributed by atoms with E-state index in [2.05, 4.69) is 0 Å². The van der Waals surface area contributed by atoms with Gasteiger partial charge in [-0.15, -0.1) is 0 Å². The molecule has 19 heavy (non-hydrogen) atoms. The van der Waals surface area contributed by atoms with Gasteiger partial charge in [0.2, 0.25) is 0 Å². The van der Waals surface area contributed by atoms with Crippen LogP contribution in [-0.2, 0) is 9.53 Å². The molecule has 0 fully saturated rings. The summed E-state index contributed by atoms with van der Waals surface area (Å²) in [7, 11) is 0. The largest absolute Gasteiger partial charge is 0.493 e. The van der Waals surface area contributed by atoms with Crippen molar-refractivity contribution < 1.29 is 19.1 Å². The van der Waals surface area contributed by atoms with Gasteiger partial charge in [0.05, 0.1) is 18.8 Å². The van der Waals surface area contributed by atoms with Crippen LogP contribution in [0.2, 0.25) is 0 Å². The summed E-state index contributed by atoms with van der Waals surface area (Å²) >= 11 is 0. The molecule has 0 atom stereocenters. The van der Waals surface area contributed by atoms with Crippen LogP contribution in [0, 0.1) is 0 Å². The zero-order valence-corrected chi connectivity index (χ0v) is 11.5. The second-order valence-corrected chi connectivity index (χ2v) is 4.01. The third kappa shape index (κ3) is 5.12. The predicted molar refractivity (Wildman–Crippen MR) is 72.4 cm³/mol. The molecule has 0 spiro atoms. The molecule has 104 valence electrons. The van der Waals surface area contributed by atoms with E-state index in [0.29, 0.717) is 37.4 Å². The van der Waals surface area contributed by atoms with Crippen molar-refractivity contribution in [3.63, 3.8) is 0 Å². The van der Waals surface area contributed by atoms with E-state index >= 15 is 0 Å². The van der Waals surface area contributed by atoms with E-state index in [-0.39, 0.29) is 18.2 Å². The summed E-state index contributed by atoms with van der Waals surface area (Å²) in [4.78, 5) is 23.2. The number of esters is 1. The lowest BCUT2D eigenvalue weighted by molar-refractivity contribution is -0.143. The van der Waals surface area contributed by atoms with Gasteiger partial charge in [-0.3, -0.25) is 9.59 Å². The topological polar surface area (TPSA) is 52.6 Å². The van der Waals surface area contributed by atoms with Crippen molar-refractivity contribution in [3.05, 3.63) is 29.8 Å². The maximum atomic E-state index is 12.0. The molecule has 0 amide bonds. The van der Waals surface area contributed by atoms with Gasteiger partial charge in [-0.1, -0.05) is 12.1 Å². The van der Waals surface area contributed by atoms with Crippen LogP contribution in [-0.4, -0.2) is 25.0 Å². The Balaban J connectivity index is 2.51. The Kier molecular flexibility index (Phi) is 6.64. The van der Waals surface area contributed by atoms with Crippen LogP contribution >= 0.6 is 0 Å². The fourth-order valence-corrected chi connectivity index (χ4v) is 1.74. The summed E-state index contributed by atoms with van der Waals surface area (Å²) in [5, 5.41) is 0. The highest BCUT2D eigenvalue weighted by Crippen LogP contribution is 2.20. The van der Waals surface area contributed by atoms with Crippen LogP contribution < -0.4 is 4.74 Å². The average Bonchev–Trinajstić information content (AvgIpc) is 2.40. The van der Waals surface area contributed by atoms with E-state index < -0.39 is 0 Å². The Labute approximate surface area is 113 Å². The Morgan fingerprint density at radius 2 is 1.79 bits per heavy atom. The third-order valence-electron chi connectivity index (χ3n) is 2.58. The van der Waals surface area contributed by atoms with Crippen molar-refractivity contribution in [2.24, 2.45) is 0 Å². The SMILES string of the molecule is CCOC(=O)CCCC(=O)c1ccccc1OCC. The molecule has 0 bridgehead atoms. The zero-order chi connectivity index (χ0) is 14.1. The number of carbonyl (C=O) groups excluding carboxylic acids is 2. The Morgan fingerprint density at radius 3 is 2.47 bits per heavy atom. The minimum absolute atomic E-state index is 0.00616. The highest BCUT2D eigenvalue weighted by atomic mass is 16.5. The standard InChI is InChI=1S/C15H20O4/c1-3-18-14-10-6-5-8-12(14)13(16)9-7-11-15(17)19-4-2/h5-6,8,10H,3-4,7,9,11H2,1-2H3. The molecule has 0 aliphatic rings. The number of ether oxygens (including phenoxy) is 2. The molecular formula is C15H20O4. The van der Waals surface area contributed by atoms with Crippen LogP contribution in [0.25, 0.3) is 0 Å². The molecule has 0 saturated carbocycles. The minimum atomic E-state index is -0.256. The molecule has 0 aliphatic carbocycles. The van der Waals surface area contributed by atoms with Gasteiger partial charge in [0.25, 0.3) is 0 Å². The van der Waals surface area contributed by atoms with Gasteiger partial charge in [-0.25, -0.2) is 0 Å². The van der Waals surface area contributed by atoms with E-state index in [0.717, 1.165) is 0 Å². The summed E-state index contributed by atoms with van der Waals surface area (Å²) < 4.78 is 10.2. The van der Waals surface area contributed by atoms with Gasteiger partial charge in [-0.05, 0) is 32.4 Å². The van der Waals surface area contributed by atoms with E-state index in [9.17, 15) is 9.59 Å². The van der Waals surface area contributed by atoms with Gasteiger partial charge in [0.15, 0.2) is 5.78 Å². The fraction of sp³-hybridized carbons (Fsp3) is 0.467. The van der Waals surface area contributed by atoms with E-state index in [1.165, 1.54) is 0 Å². The van der Waals surface area contributed by atoms with Crippen molar-refractivity contribution in [2.45, 2.75) is 33.1 Å². The van der Waals surface area contributed by atoms with Crippen molar-refractivity contribution in [1.29, 1.82) is 0 Å². The van der Waals surface area contributed by atoms with Crippen molar-refractivity contribution in [3.8, 4) is 5.75 Å². The van der Waals surface area contributed by atoms with Crippen molar-refractivity contribution >= 4 is 11.8 Å². The van der Waals surface area contributed by atoms with E-state index in [1.54, 1.807) is 25.1 Å². The third-order valence-corrected chi connectivity index (χ3v) is 2.58. The van der Waals surface area contributed by atoms with Crippen LogP contribution in [0.4, 0.5) is 0 Å². The van der Waals surface area contributed by atoms with Crippen LogP contribution in [0.3, 0.4) is 0 Å². The monoisotopic (exact) mass is 264 g/mol. The Morgan fingerprint density at radius 1 is 1.05 bits per heavy atom. The lowest BCUT2D eigenvalue weighted by Gasteiger charge is -2.08. The highest BCUT2D eigenvalue weighted by molar-refractivity contribution is 5.98. The average molecular weight is 264 g/mol. The van der Waals surface area contributed by atoms with E-state index in [1.807, 2.05) is 13.0 Å². The number of carbonyl (C=O) groups is 2. The molecule has 1 rings (SSSR count). The van der Waals surface area contributed by atoms with Crippen LogP contribution in [0.15, 0.2) is 24.3 Å². The second kappa shape index (κ2) is 8.29. The highest BCUT2D eigenvalue weighted by Gasteiger charge is 2.12. The van der Waals surface area contributed by atoms with Crippen molar-refractivity contribution in [1.82, 2.24) is 0 Å². The number of para-hydroxylation sites is 1. The first-order chi connectivity index (χ1) is 9.19. The summed E-state index contributed by atoms with van der Waals surface area (Å²) in [6.07, 6.45) is 1.09. The Hall–Kier alpha value is -1.84. The maximum Gasteiger partial charge on any atom is 0.305 e. The smallest absolute Gasteiger partial charge is 0.305 e. The fourth-order valence-electron chi connectivity index (χ4n) is 1.74. The molecule has 4 nitrogen and oxygen atoms in total. The molecule has 0 aliphatic heterocycles. The first kappa shape index (κ1) is 15.2. The molecule has 4 heteroatoms. The zero-order valence-electron chi connectivity index (χ0n) is 11.5. The second-order valence-electron chi connectivity index (χ2n) is 4.01. The normalized spacial score (nSPS) is 10.0. The van der Waals surface area contributed by atoms with Gasteiger partial charge in [0, 0.05) is 12.8 Å². The lowest BCUT2D eigenvalue weighted by atomic mass is 10.0.